The highest BCUT2D eigenvalue weighted by Crippen LogP contribution is 2.18. The fourth-order valence-electron chi connectivity index (χ4n) is 1.07. The Morgan fingerprint density at radius 2 is 2.20 bits per heavy atom. The van der Waals surface area contributed by atoms with E-state index in [1.54, 1.807) is 0 Å². The summed E-state index contributed by atoms with van der Waals surface area (Å²) >= 11 is 3.06. The van der Waals surface area contributed by atoms with Gasteiger partial charge in [-0.05, 0) is 15.9 Å². The molecule has 5 nitrogen and oxygen atoms in total. The average Bonchev–Trinajstić information content (AvgIpc) is 2.41. The molecule has 0 saturated heterocycles. The monoisotopic (exact) mass is 293 g/mol. The lowest BCUT2D eigenvalue weighted by Gasteiger charge is -1.98. The van der Waals surface area contributed by atoms with E-state index in [4.69, 9.17) is 0 Å². The molecule has 15 heavy (non-hydrogen) atoms. The van der Waals surface area contributed by atoms with Crippen LogP contribution in [0.15, 0.2) is 22.0 Å². The summed E-state index contributed by atoms with van der Waals surface area (Å²) in [6, 6.07) is 1.19. The molecule has 0 spiro atoms. The molecule has 0 radical (unpaired) electrons. The molecule has 2 aromatic heterocycles. The van der Waals surface area contributed by atoms with E-state index >= 15 is 0 Å². The number of rotatable bonds is 1. The third-order valence-electron chi connectivity index (χ3n) is 1.74. The third kappa shape index (κ3) is 1.74. The number of nitrogens with zero attached hydrogens (tertiary/aromatic N) is 3. The Bertz CT molecular complexity index is 637. The number of halogens is 2. The van der Waals surface area contributed by atoms with E-state index in [-0.39, 0.29) is 10.7 Å². The van der Waals surface area contributed by atoms with E-state index in [2.05, 4.69) is 26.0 Å². The zero-order valence-electron chi connectivity index (χ0n) is 7.48. The first-order valence-electron chi connectivity index (χ1n) is 3.79. The number of aromatic nitrogens is 3. The molecule has 2 rings (SSSR count). The van der Waals surface area contributed by atoms with E-state index in [0.717, 1.165) is 17.0 Å². The van der Waals surface area contributed by atoms with Gasteiger partial charge in [0.05, 0.1) is 6.20 Å². The molecule has 0 bridgehead atoms. The van der Waals surface area contributed by atoms with Gasteiger partial charge in [-0.1, -0.05) is 0 Å². The Kier molecular flexibility index (Phi) is 2.27. The van der Waals surface area contributed by atoms with Crippen molar-refractivity contribution in [3.05, 3.63) is 22.7 Å². The van der Waals surface area contributed by atoms with Crippen molar-refractivity contribution in [3.8, 4) is 0 Å². The molecule has 0 amide bonds. The minimum atomic E-state index is -3.49. The van der Waals surface area contributed by atoms with Gasteiger partial charge in [-0.2, -0.15) is 0 Å². The van der Waals surface area contributed by atoms with Crippen LogP contribution in [0.25, 0.3) is 5.52 Å². The smallest absolute Gasteiger partial charge is 0.223 e. The van der Waals surface area contributed by atoms with E-state index in [0.29, 0.717) is 4.60 Å². The summed E-state index contributed by atoms with van der Waals surface area (Å²) < 4.78 is 36.9. The van der Waals surface area contributed by atoms with E-state index in [9.17, 15) is 12.8 Å². The predicted molar refractivity (Wildman–Crippen MR) is 53.8 cm³/mol. The van der Waals surface area contributed by atoms with Gasteiger partial charge in [0.2, 0.25) is 9.84 Å². The predicted octanol–water partition coefficient (Wildman–Crippen LogP) is 1.03. The van der Waals surface area contributed by atoms with Crippen LogP contribution in [0.3, 0.4) is 0 Å². The van der Waals surface area contributed by atoms with E-state index in [1.807, 2.05) is 0 Å². The lowest BCUT2D eigenvalue weighted by atomic mass is 10.5. The Morgan fingerprint density at radius 1 is 1.53 bits per heavy atom. The maximum Gasteiger partial charge on any atom is 0.265 e. The van der Waals surface area contributed by atoms with Crippen LogP contribution >= 0.6 is 15.9 Å². The summed E-state index contributed by atoms with van der Waals surface area (Å²) in [4.78, 5) is 3.57. The lowest BCUT2D eigenvalue weighted by Crippen LogP contribution is -2.07. The summed E-state index contributed by atoms with van der Waals surface area (Å²) in [6.07, 6.45) is 2.12. The fourth-order valence-corrected chi connectivity index (χ4v) is 2.02. The van der Waals surface area contributed by atoms with Crippen LogP contribution in [0.1, 0.15) is 0 Å². The molecule has 2 heterocycles. The first kappa shape index (κ1) is 10.5. The lowest BCUT2D eigenvalue weighted by molar-refractivity contribution is 0.585. The minimum absolute atomic E-state index is 0.120. The Hall–Kier alpha value is -1.02. The zero-order valence-corrected chi connectivity index (χ0v) is 9.88. The maximum atomic E-state index is 13.2. The second kappa shape index (κ2) is 3.24. The van der Waals surface area contributed by atoms with Crippen molar-refractivity contribution in [1.29, 1.82) is 0 Å². The summed E-state index contributed by atoms with van der Waals surface area (Å²) in [5, 5.41) is 3.36. The molecule has 0 aliphatic rings. The number of fused-ring (bicyclic) bond motifs is 1. The highest BCUT2D eigenvalue weighted by atomic mass is 79.9. The molecule has 0 N–H and O–H groups in total. The van der Waals surface area contributed by atoms with Gasteiger partial charge in [0.15, 0.2) is 5.82 Å². The van der Waals surface area contributed by atoms with Gasteiger partial charge in [0, 0.05) is 12.3 Å². The molecule has 0 aliphatic carbocycles. The van der Waals surface area contributed by atoms with Gasteiger partial charge in [-0.3, -0.25) is 0 Å². The van der Waals surface area contributed by atoms with Crippen molar-refractivity contribution in [3.63, 3.8) is 0 Å². The van der Waals surface area contributed by atoms with Gasteiger partial charge in [-0.15, -0.1) is 5.10 Å². The van der Waals surface area contributed by atoms with Crippen molar-refractivity contribution in [2.45, 2.75) is 5.16 Å². The van der Waals surface area contributed by atoms with Crippen LogP contribution in [0.2, 0.25) is 0 Å². The zero-order chi connectivity index (χ0) is 11.2. The van der Waals surface area contributed by atoms with Crippen LogP contribution in [0, 0.1) is 5.82 Å². The second-order valence-electron chi connectivity index (χ2n) is 2.92. The largest absolute Gasteiger partial charge is 0.265 e. The topological polar surface area (TPSA) is 64.3 Å². The van der Waals surface area contributed by atoms with Crippen LogP contribution < -0.4 is 0 Å². The van der Waals surface area contributed by atoms with Gasteiger partial charge in [0.1, 0.15) is 10.1 Å². The van der Waals surface area contributed by atoms with Crippen LogP contribution in [-0.4, -0.2) is 29.3 Å². The highest BCUT2D eigenvalue weighted by molar-refractivity contribution is 9.10. The van der Waals surface area contributed by atoms with Crippen LogP contribution in [0.5, 0.6) is 0 Å². The minimum Gasteiger partial charge on any atom is -0.223 e. The normalized spacial score (nSPS) is 12.2. The molecule has 0 unspecified atom stereocenters. The van der Waals surface area contributed by atoms with Crippen molar-refractivity contribution in [1.82, 2.24) is 14.6 Å². The first-order chi connectivity index (χ1) is 6.89. The molecule has 0 atom stereocenters. The quantitative estimate of drug-likeness (QED) is 0.788. The van der Waals surface area contributed by atoms with E-state index < -0.39 is 15.7 Å². The Morgan fingerprint density at radius 3 is 2.80 bits per heavy atom. The van der Waals surface area contributed by atoms with Crippen molar-refractivity contribution in [2.24, 2.45) is 0 Å². The summed E-state index contributed by atoms with van der Waals surface area (Å²) in [7, 11) is -3.49. The summed E-state index contributed by atoms with van der Waals surface area (Å²) in [6.45, 7) is 0. The second-order valence-corrected chi connectivity index (χ2v) is 5.65. The third-order valence-corrected chi connectivity index (χ3v) is 3.15. The van der Waals surface area contributed by atoms with E-state index in [1.165, 1.54) is 6.07 Å². The van der Waals surface area contributed by atoms with Crippen LogP contribution in [-0.2, 0) is 9.84 Å². The fraction of sp³-hybridized carbons (Fsp3) is 0.143. The first-order valence-corrected chi connectivity index (χ1v) is 6.48. The van der Waals surface area contributed by atoms with Gasteiger partial charge in [0.25, 0.3) is 5.16 Å². The summed E-state index contributed by atoms with van der Waals surface area (Å²) in [5.74, 6) is -0.512. The number of hydrogen-bond donors (Lipinski definition) is 0. The molecule has 0 aromatic carbocycles. The molecule has 2 aromatic rings. The molecular formula is C7H5BrFN3O2S. The van der Waals surface area contributed by atoms with Crippen molar-refractivity contribution >= 4 is 31.3 Å². The maximum absolute atomic E-state index is 13.2. The van der Waals surface area contributed by atoms with Crippen LogP contribution in [0.4, 0.5) is 4.39 Å². The Labute approximate surface area is 93.0 Å². The number of hydrogen-bond acceptors (Lipinski definition) is 4. The molecule has 8 heteroatoms. The average molecular weight is 294 g/mol. The van der Waals surface area contributed by atoms with Gasteiger partial charge >= 0.3 is 0 Å². The Balaban J connectivity index is 2.82. The standard InChI is InChI=1S/C7H5BrFN3O2S/c1-15(13,14)7-10-3-5-4(9)2-6(8)12(5)11-7/h2-3H,1H3. The SMILES string of the molecule is CS(=O)(=O)c1ncc2c(F)cc(Br)n2n1. The van der Waals surface area contributed by atoms with Crippen molar-refractivity contribution in [2.75, 3.05) is 6.26 Å². The summed E-state index contributed by atoms with van der Waals surface area (Å²) in [5.41, 5.74) is 0.120. The van der Waals surface area contributed by atoms with Gasteiger partial charge < -0.3 is 0 Å². The molecule has 0 saturated carbocycles. The van der Waals surface area contributed by atoms with Gasteiger partial charge in [-0.25, -0.2) is 22.3 Å². The number of sulfone groups is 1. The molecule has 80 valence electrons. The molecule has 0 fully saturated rings. The molecule has 0 aliphatic heterocycles. The molecular weight excluding hydrogens is 289 g/mol. The van der Waals surface area contributed by atoms with Crippen molar-refractivity contribution < 1.29 is 12.8 Å². The highest BCUT2D eigenvalue weighted by Gasteiger charge is 2.15.